The molecule has 0 fully saturated rings. The van der Waals surface area contributed by atoms with Crippen LogP contribution in [0.5, 0.6) is 5.75 Å². The molecule has 2 aromatic rings. The van der Waals surface area contributed by atoms with E-state index in [4.69, 9.17) is 9.47 Å². The van der Waals surface area contributed by atoms with Gasteiger partial charge in [0.05, 0.1) is 23.4 Å². The molecular weight excluding hydrogens is 346 g/mol. The molecule has 0 spiro atoms. The van der Waals surface area contributed by atoms with Crippen molar-refractivity contribution < 1.29 is 23.9 Å². The molecule has 0 bridgehead atoms. The minimum absolute atomic E-state index is 0.348. The third-order valence-corrected chi connectivity index (χ3v) is 4.25. The number of benzene rings is 2. The molecule has 0 radical (unpaired) electrons. The molecule has 2 aromatic carbocycles. The first-order chi connectivity index (χ1) is 13.1. The average molecular weight is 367 g/mol. The zero-order valence-corrected chi connectivity index (χ0v) is 15.3. The Kier molecular flexibility index (Phi) is 5.54. The Morgan fingerprint density at radius 2 is 1.56 bits per heavy atom. The van der Waals surface area contributed by atoms with Gasteiger partial charge in [-0.05, 0) is 49.2 Å². The average Bonchev–Trinajstić information content (AvgIpc) is 2.95. The first-order valence-electron chi connectivity index (χ1n) is 8.98. The van der Waals surface area contributed by atoms with E-state index in [-0.39, 0.29) is 11.8 Å². The number of carbonyl (C=O) groups is 3. The van der Waals surface area contributed by atoms with Gasteiger partial charge in [-0.2, -0.15) is 0 Å². The smallest absolute Gasteiger partial charge is 0.347 e. The number of anilines is 1. The van der Waals surface area contributed by atoms with Crippen LogP contribution in [0.4, 0.5) is 5.69 Å². The van der Waals surface area contributed by atoms with E-state index in [1.165, 1.54) is 0 Å². The SMILES string of the molecule is CCCOC(=O)C(CC)Oc1ccc(N2C(=O)c3ccccc3C2=O)cc1. The van der Waals surface area contributed by atoms with E-state index in [1.54, 1.807) is 48.5 Å². The predicted octanol–water partition coefficient (Wildman–Crippen LogP) is 3.60. The van der Waals surface area contributed by atoms with Crippen molar-refractivity contribution in [1.29, 1.82) is 0 Å². The second-order valence-electron chi connectivity index (χ2n) is 6.17. The molecule has 1 atom stereocenters. The molecule has 1 unspecified atom stereocenters. The Hall–Kier alpha value is -3.15. The summed E-state index contributed by atoms with van der Waals surface area (Å²) in [6, 6.07) is 13.3. The van der Waals surface area contributed by atoms with Crippen molar-refractivity contribution in [1.82, 2.24) is 0 Å². The van der Waals surface area contributed by atoms with Crippen molar-refractivity contribution in [2.75, 3.05) is 11.5 Å². The van der Waals surface area contributed by atoms with Gasteiger partial charge >= 0.3 is 5.97 Å². The number of fused-ring (bicyclic) bond motifs is 1. The molecule has 0 saturated carbocycles. The molecule has 0 N–H and O–H groups in total. The minimum Gasteiger partial charge on any atom is -0.479 e. The van der Waals surface area contributed by atoms with Gasteiger partial charge in [0.1, 0.15) is 5.75 Å². The van der Waals surface area contributed by atoms with Crippen molar-refractivity contribution in [2.24, 2.45) is 0 Å². The maximum absolute atomic E-state index is 12.5. The number of esters is 1. The summed E-state index contributed by atoms with van der Waals surface area (Å²) in [5.41, 5.74) is 1.25. The topological polar surface area (TPSA) is 72.9 Å². The summed E-state index contributed by atoms with van der Waals surface area (Å²) in [5, 5.41) is 0. The first-order valence-corrected chi connectivity index (χ1v) is 8.98. The summed E-state index contributed by atoms with van der Waals surface area (Å²) in [6.07, 6.45) is 0.529. The summed E-state index contributed by atoms with van der Waals surface area (Å²) < 4.78 is 10.8. The lowest BCUT2D eigenvalue weighted by atomic mass is 10.1. The molecule has 6 nitrogen and oxygen atoms in total. The molecule has 140 valence electrons. The monoisotopic (exact) mass is 367 g/mol. The third-order valence-electron chi connectivity index (χ3n) is 4.25. The summed E-state index contributed by atoms with van der Waals surface area (Å²) >= 11 is 0. The van der Waals surface area contributed by atoms with E-state index in [9.17, 15) is 14.4 Å². The van der Waals surface area contributed by atoms with E-state index in [0.717, 1.165) is 11.3 Å². The summed E-state index contributed by atoms with van der Waals surface area (Å²) in [4.78, 5) is 38.2. The van der Waals surface area contributed by atoms with E-state index in [1.807, 2.05) is 13.8 Å². The van der Waals surface area contributed by atoms with Crippen LogP contribution in [0.25, 0.3) is 0 Å². The highest BCUT2D eigenvalue weighted by Gasteiger charge is 2.36. The Bertz CT molecular complexity index is 824. The molecule has 1 aliphatic rings. The second kappa shape index (κ2) is 8.03. The van der Waals surface area contributed by atoms with Crippen molar-refractivity contribution >= 4 is 23.5 Å². The molecule has 3 rings (SSSR count). The number of amides is 2. The number of ether oxygens (including phenoxy) is 2. The van der Waals surface area contributed by atoms with Crippen molar-refractivity contribution in [3.8, 4) is 5.75 Å². The molecule has 1 aliphatic heterocycles. The lowest BCUT2D eigenvalue weighted by molar-refractivity contribution is -0.152. The van der Waals surface area contributed by atoms with E-state index < -0.39 is 12.1 Å². The van der Waals surface area contributed by atoms with Crippen molar-refractivity contribution in [2.45, 2.75) is 32.8 Å². The summed E-state index contributed by atoms with van der Waals surface area (Å²) in [7, 11) is 0. The molecule has 0 aliphatic carbocycles. The van der Waals surface area contributed by atoms with E-state index in [0.29, 0.717) is 35.6 Å². The number of hydrogen-bond acceptors (Lipinski definition) is 5. The second-order valence-corrected chi connectivity index (χ2v) is 6.17. The van der Waals surface area contributed by atoms with Crippen LogP contribution in [0.15, 0.2) is 48.5 Å². The van der Waals surface area contributed by atoms with Crippen LogP contribution in [-0.2, 0) is 9.53 Å². The zero-order valence-electron chi connectivity index (χ0n) is 15.3. The highest BCUT2D eigenvalue weighted by molar-refractivity contribution is 6.34. The minimum atomic E-state index is -0.693. The van der Waals surface area contributed by atoms with Gasteiger partial charge in [0.2, 0.25) is 0 Å². The molecule has 1 heterocycles. The molecular formula is C21H21NO5. The Morgan fingerprint density at radius 3 is 2.07 bits per heavy atom. The van der Waals surface area contributed by atoms with Crippen molar-refractivity contribution in [3.05, 3.63) is 59.7 Å². The van der Waals surface area contributed by atoms with Gasteiger partial charge in [-0.3, -0.25) is 9.59 Å². The Labute approximate surface area is 157 Å². The van der Waals surface area contributed by atoms with Gasteiger partial charge in [0.25, 0.3) is 11.8 Å². The number of carbonyl (C=O) groups excluding carboxylic acids is 3. The van der Waals surface area contributed by atoms with Crippen LogP contribution in [0.2, 0.25) is 0 Å². The van der Waals surface area contributed by atoms with Crippen LogP contribution in [0.1, 0.15) is 47.4 Å². The van der Waals surface area contributed by atoms with Crippen LogP contribution >= 0.6 is 0 Å². The maximum Gasteiger partial charge on any atom is 0.347 e. The summed E-state index contributed by atoms with van der Waals surface area (Å²) in [5.74, 6) is -0.628. The predicted molar refractivity (Wildman–Crippen MR) is 100.0 cm³/mol. The number of nitrogens with zero attached hydrogens (tertiary/aromatic N) is 1. The number of imide groups is 1. The highest BCUT2D eigenvalue weighted by atomic mass is 16.6. The largest absolute Gasteiger partial charge is 0.479 e. The quantitative estimate of drug-likeness (QED) is 0.552. The molecule has 6 heteroatoms. The normalized spacial score (nSPS) is 14.1. The number of hydrogen-bond donors (Lipinski definition) is 0. The maximum atomic E-state index is 12.5. The van der Waals surface area contributed by atoms with Gasteiger partial charge in [-0.25, -0.2) is 9.69 Å². The van der Waals surface area contributed by atoms with Gasteiger partial charge < -0.3 is 9.47 Å². The van der Waals surface area contributed by atoms with E-state index >= 15 is 0 Å². The fourth-order valence-electron chi connectivity index (χ4n) is 2.86. The summed E-state index contributed by atoms with van der Waals surface area (Å²) in [6.45, 7) is 4.12. The van der Waals surface area contributed by atoms with Crippen LogP contribution < -0.4 is 9.64 Å². The lowest BCUT2D eigenvalue weighted by Gasteiger charge is -2.18. The fraction of sp³-hybridized carbons (Fsp3) is 0.286. The fourth-order valence-corrected chi connectivity index (χ4v) is 2.86. The van der Waals surface area contributed by atoms with Gasteiger partial charge in [0, 0.05) is 0 Å². The number of rotatable bonds is 7. The highest BCUT2D eigenvalue weighted by Crippen LogP contribution is 2.29. The van der Waals surface area contributed by atoms with Gasteiger partial charge in [-0.1, -0.05) is 26.0 Å². The van der Waals surface area contributed by atoms with Crippen LogP contribution in [0.3, 0.4) is 0 Å². The zero-order chi connectivity index (χ0) is 19.4. The van der Waals surface area contributed by atoms with Crippen molar-refractivity contribution in [3.63, 3.8) is 0 Å². The van der Waals surface area contributed by atoms with Gasteiger partial charge in [0.15, 0.2) is 6.10 Å². The Morgan fingerprint density at radius 1 is 0.963 bits per heavy atom. The molecule has 27 heavy (non-hydrogen) atoms. The lowest BCUT2D eigenvalue weighted by Crippen LogP contribution is -2.30. The van der Waals surface area contributed by atoms with Crippen LogP contribution in [-0.4, -0.2) is 30.5 Å². The molecule has 0 saturated heterocycles. The Balaban J connectivity index is 1.74. The first kappa shape index (κ1) is 18.6. The van der Waals surface area contributed by atoms with Gasteiger partial charge in [-0.15, -0.1) is 0 Å². The standard InChI is InChI=1S/C21H21NO5/c1-3-13-26-21(25)18(4-2)27-15-11-9-14(10-12-15)22-19(23)16-7-5-6-8-17(16)20(22)24/h5-12,18H,3-4,13H2,1-2H3. The van der Waals surface area contributed by atoms with E-state index in [2.05, 4.69) is 0 Å². The molecule has 2 amide bonds. The van der Waals surface area contributed by atoms with Crippen LogP contribution in [0, 0.1) is 0 Å². The molecule has 0 aromatic heterocycles. The third kappa shape index (κ3) is 3.69.